The first kappa shape index (κ1) is 10.8. The second-order valence-electron chi connectivity index (χ2n) is 3.39. The summed E-state index contributed by atoms with van der Waals surface area (Å²) in [6.45, 7) is 0. The Morgan fingerprint density at radius 3 is 2.31 bits per heavy atom. The van der Waals surface area contributed by atoms with Crippen molar-refractivity contribution < 1.29 is 4.74 Å². The van der Waals surface area contributed by atoms with E-state index in [1.165, 1.54) is 0 Å². The van der Waals surface area contributed by atoms with Crippen LogP contribution in [0, 0.1) is 0 Å². The molecule has 0 aromatic heterocycles. The Balaban J connectivity index is 2.27. The van der Waals surface area contributed by atoms with E-state index in [0.29, 0.717) is 22.9 Å². The summed E-state index contributed by atoms with van der Waals surface area (Å²) in [4.78, 5) is 0. The fraction of sp³-hybridized carbons (Fsp3) is 0. The molecule has 4 N–H and O–H groups in total. The molecule has 0 unspecified atom stereocenters. The average molecular weight is 279 g/mol. The van der Waals surface area contributed by atoms with E-state index in [1.807, 2.05) is 30.3 Å². The lowest BCUT2D eigenvalue weighted by Gasteiger charge is -2.07. The van der Waals surface area contributed by atoms with Gasteiger partial charge in [0.05, 0.1) is 0 Å². The summed E-state index contributed by atoms with van der Waals surface area (Å²) in [7, 11) is 0. The van der Waals surface area contributed by atoms with Crippen molar-refractivity contribution in [1.29, 1.82) is 0 Å². The van der Waals surface area contributed by atoms with Crippen molar-refractivity contribution >= 4 is 27.3 Å². The van der Waals surface area contributed by atoms with Gasteiger partial charge in [-0.3, -0.25) is 0 Å². The van der Waals surface area contributed by atoms with E-state index in [-0.39, 0.29) is 0 Å². The van der Waals surface area contributed by atoms with Crippen molar-refractivity contribution in [2.45, 2.75) is 0 Å². The molecule has 3 nitrogen and oxygen atoms in total. The monoisotopic (exact) mass is 278 g/mol. The van der Waals surface area contributed by atoms with Crippen LogP contribution in [0.3, 0.4) is 0 Å². The maximum absolute atomic E-state index is 5.71. The number of ether oxygens (including phenoxy) is 1. The molecule has 0 aliphatic rings. The van der Waals surface area contributed by atoms with Gasteiger partial charge in [-0.2, -0.15) is 0 Å². The van der Waals surface area contributed by atoms with Crippen LogP contribution in [0.5, 0.6) is 11.5 Å². The molecular weight excluding hydrogens is 268 g/mol. The van der Waals surface area contributed by atoms with Gasteiger partial charge in [-0.1, -0.05) is 22.0 Å². The Bertz CT molecular complexity index is 494. The van der Waals surface area contributed by atoms with Gasteiger partial charge in [-0.15, -0.1) is 0 Å². The van der Waals surface area contributed by atoms with Crippen molar-refractivity contribution in [2.75, 3.05) is 11.5 Å². The molecule has 2 aromatic rings. The summed E-state index contributed by atoms with van der Waals surface area (Å²) in [6.07, 6.45) is 0. The van der Waals surface area contributed by atoms with Gasteiger partial charge in [0.1, 0.15) is 11.5 Å². The summed E-state index contributed by atoms with van der Waals surface area (Å²) in [5.74, 6) is 1.37. The topological polar surface area (TPSA) is 61.3 Å². The highest BCUT2D eigenvalue weighted by atomic mass is 79.9. The fourth-order valence-electron chi connectivity index (χ4n) is 1.36. The van der Waals surface area contributed by atoms with Crippen LogP contribution in [-0.2, 0) is 0 Å². The number of halogens is 1. The van der Waals surface area contributed by atoms with Crippen LogP contribution < -0.4 is 16.2 Å². The molecule has 0 bridgehead atoms. The molecule has 0 radical (unpaired) electrons. The zero-order chi connectivity index (χ0) is 11.5. The molecule has 0 saturated carbocycles. The third-order valence-corrected chi connectivity index (χ3v) is 2.45. The molecule has 2 rings (SSSR count). The number of benzene rings is 2. The number of rotatable bonds is 2. The highest BCUT2D eigenvalue weighted by Gasteiger charge is 2.00. The summed E-state index contributed by atoms with van der Waals surface area (Å²) in [5.41, 5.74) is 12.7. The van der Waals surface area contributed by atoms with E-state index >= 15 is 0 Å². The molecule has 16 heavy (non-hydrogen) atoms. The first-order chi connectivity index (χ1) is 7.63. The van der Waals surface area contributed by atoms with E-state index in [0.717, 1.165) is 4.47 Å². The van der Waals surface area contributed by atoms with Gasteiger partial charge in [-0.05, 0) is 24.3 Å². The largest absolute Gasteiger partial charge is 0.457 e. The first-order valence-corrected chi connectivity index (χ1v) is 5.52. The minimum atomic E-state index is 0.647. The minimum absolute atomic E-state index is 0.647. The van der Waals surface area contributed by atoms with E-state index in [1.54, 1.807) is 12.1 Å². The smallest absolute Gasteiger partial charge is 0.130 e. The predicted molar refractivity (Wildman–Crippen MR) is 69.5 cm³/mol. The number of hydrogen-bond donors (Lipinski definition) is 2. The Morgan fingerprint density at radius 2 is 1.62 bits per heavy atom. The number of anilines is 2. The van der Waals surface area contributed by atoms with Gasteiger partial charge < -0.3 is 16.2 Å². The molecule has 0 fully saturated rings. The van der Waals surface area contributed by atoms with Crippen LogP contribution in [0.1, 0.15) is 0 Å². The van der Waals surface area contributed by atoms with Crippen molar-refractivity contribution in [3.63, 3.8) is 0 Å². The molecular formula is C12H11BrN2O. The molecule has 82 valence electrons. The van der Waals surface area contributed by atoms with Gasteiger partial charge in [0.2, 0.25) is 0 Å². The van der Waals surface area contributed by atoms with Crippen molar-refractivity contribution in [2.24, 2.45) is 0 Å². The minimum Gasteiger partial charge on any atom is -0.457 e. The van der Waals surface area contributed by atoms with Crippen LogP contribution in [-0.4, -0.2) is 0 Å². The summed E-state index contributed by atoms with van der Waals surface area (Å²) in [6, 6.07) is 12.7. The SMILES string of the molecule is Nc1cccc(Oc2cc(N)cc(Br)c2)c1. The Hall–Kier alpha value is -1.68. The van der Waals surface area contributed by atoms with Crippen LogP contribution in [0.15, 0.2) is 46.9 Å². The molecule has 0 amide bonds. The van der Waals surface area contributed by atoms with Gasteiger partial charge >= 0.3 is 0 Å². The van der Waals surface area contributed by atoms with Crippen LogP contribution >= 0.6 is 15.9 Å². The molecule has 0 saturated heterocycles. The molecule has 0 aliphatic heterocycles. The van der Waals surface area contributed by atoms with Gasteiger partial charge in [0.25, 0.3) is 0 Å². The zero-order valence-corrected chi connectivity index (χ0v) is 10.1. The third kappa shape index (κ3) is 2.67. The van der Waals surface area contributed by atoms with Crippen molar-refractivity contribution in [3.05, 3.63) is 46.9 Å². The Kier molecular flexibility index (Phi) is 3.01. The van der Waals surface area contributed by atoms with Crippen molar-refractivity contribution in [3.8, 4) is 11.5 Å². The van der Waals surface area contributed by atoms with Gasteiger partial charge in [0, 0.05) is 28.0 Å². The number of nitrogens with two attached hydrogens (primary N) is 2. The maximum atomic E-state index is 5.71. The quantitative estimate of drug-likeness (QED) is 0.828. The highest BCUT2D eigenvalue weighted by molar-refractivity contribution is 9.10. The van der Waals surface area contributed by atoms with E-state index in [4.69, 9.17) is 16.2 Å². The van der Waals surface area contributed by atoms with Crippen molar-refractivity contribution in [1.82, 2.24) is 0 Å². The molecule has 0 atom stereocenters. The lowest BCUT2D eigenvalue weighted by molar-refractivity contribution is 0.483. The summed E-state index contributed by atoms with van der Waals surface area (Å²) in [5, 5.41) is 0. The molecule has 0 aliphatic carbocycles. The lowest BCUT2D eigenvalue weighted by Crippen LogP contribution is -1.90. The summed E-state index contributed by atoms with van der Waals surface area (Å²) < 4.78 is 6.51. The number of hydrogen-bond acceptors (Lipinski definition) is 3. The fourth-order valence-corrected chi connectivity index (χ4v) is 1.85. The maximum Gasteiger partial charge on any atom is 0.130 e. The molecule has 0 spiro atoms. The lowest BCUT2D eigenvalue weighted by atomic mass is 10.3. The highest BCUT2D eigenvalue weighted by Crippen LogP contribution is 2.28. The standard InChI is InChI=1S/C12H11BrN2O/c13-8-4-10(15)7-12(5-8)16-11-3-1-2-9(14)6-11/h1-7H,14-15H2. The second kappa shape index (κ2) is 4.45. The summed E-state index contributed by atoms with van der Waals surface area (Å²) >= 11 is 3.36. The third-order valence-electron chi connectivity index (χ3n) is 1.99. The molecule has 4 heteroatoms. The Morgan fingerprint density at radius 1 is 0.875 bits per heavy atom. The normalized spacial score (nSPS) is 10.1. The zero-order valence-electron chi connectivity index (χ0n) is 8.48. The number of nitrogen functional groups attached to an aromatic ring is 2. The second-order valence-corrected chi connectivity index (χ2v) is 4.31. The molecule has 0 heterocycles. The van der Waals surface area contributed by atoms with Crippen LogP contribution in [0.4, 0.5) is 11.4 Å². The predicted octanol–water partition coefficient (Wildman–Crippen LogP) is 3.41. The van der Waals surface area contributed by atoms with Gasteiger partial charge in [0.15, 0.2) is 0 Å². The molecule has 2 aromatic carbocycles. The first-order valence-electron chi connectivity index (χ1n) is 4.73. The van der Waals surface area contributed by atoms with E-state index in [2.05, 4.69) is 15.9 Å². The van der Waals surface area contributed by atoms with E-state index in [9.17, 15) is 0 Å². The van der Waals surface area contributed by atoms with Crippen LogP contribution in [0.2, 0.25) is 0 Å². The Labute approximate surface area is 102 Å². The van der Waals surface area contributed by atoms with Gasteiger partial charge in [-0.25, -0.2) is 0 Å². The van der Waals surface area contributed by atoms with Crippen LogP contribution in [0.25, 0.3) is 0 Å². The average Bonchev–Trinajstić information content (AvgIpc) is 2.15. The van der Waals surface area contributed by atoms with E-state index < -0.39 is 0 Å².